The normalized spacial score (nSPS) is 10.7. The summed E-state index contributed by atoms with van der Waals surface area (Å²) < 4.78 is 5.73. The SMILES string of the molecule is COc1cc(/C=C/C(=O)c2ccccc2)c(Br)cc1O. The Morgan fingerprint density at radius 2 is 1.95 bits per heavy atom. The van der Waals surface area contributed by atoms with Crippen LogP contribution in [-0.4, -0.2) is 18.0 Å². The zero-order valence-corrected chi connectivity index (χ0v) is 12.4. The van der Waals surface area contributed by atoms with Crippen LogP contribution >= 0.6 is 15.9 Å². The standard InChI is InChI=1S/C16H13BrO3/c1-20-16-9-12(13(17)10-15(16)19)7-8-14(18)11-5-3-2-4-6-11/h2-10,19H,1H3/b8-7+. The van der Waals surface area contributed by atoms with Crippen LogP contribution in [0.15, 0.2) is 53.0 Å². The van der Waals surface area contributed by atoms with Crippen LogP contribution in [0.2, 0.25) is 0 Å². The van der Waals surface area contributed by atoms with Crippen molar-refractivity contribution in [2.45, 2.75) is 0 Å². The van der Waals surface area contributed by atoms with E-state index in [0.717, 1.165) is 5.56 Å². The Morgan fingerprint density at radius 3 is 2.60 bits per heavy atom. The second kappa shape index (κ2) is 6.39. The molecular weight excluding hydrogens is 320 g/mol. The first-order chi connectivity index (χ1) is 9.61. The van der Waals surface area contributed by atoms with Crippen LogP contribution < -0.4 is 4.74 Å². The number of phenols is 1. The van der Waals surface area contributed by atoms with E-state index in [1.54, 1.807) is 24.3 Å². The van der Waals surface area contributed by atoms with E-state index in [-0.39, 0.29) is 11.5 Å². The van der Waals surface area contributed by atoms with Crippen LogP contribution in [0.3, 0.4) is 0 Å². The zero-order valence-electron chi connectivity index (χ0n) is 10.8. The first-order valence-corrected chi connectivity index (χ1v) is 6.75. The monoisotopic (exact) mass is 332 g/mol. The maximum absolute atomic E-state index is 12.0. The third-order valence-corrected chi connectivity index (χ3v) is 3.46. The number of benzene rings is 2. The summed E-state index contributed by atoms with van der Waals surface area (Å²) in [6.45, 7) is 0. The van der Waals surface area contributed by atoms with Gasteiger partial charge < -0.3 is 9.84 Å². The molecule has 0 saturated heterocycles. The maximum atomic E-state index is 12.0. The van der Waals surface area contributed by atoms with Gasteiger partial charge in [0.05, 0.1) is 7.11 Å². The Balaban J connectivity index is 2.26. The molecule has 2 aromatic rings. The van der Waals surface area contributed by atoms with Crippen LogP contribution in [0.5, 0.6) is 11.5 Å². The van der Waals surface area contributed by atoms with Gasteiger partial charge in [-0.2, -0.15) is 0 Å². The summed E-state index contributed by atoms with van der Waals surface area (Å²) in [5.74, 6) is 0.329. The van der Waals surface area contributed by atoms with E-state index in [1.165, 1.54) is 19.3 Å². The van der Waals surface area contributed by atoms with Gasteiger partial charge in [-0.05, 0) is 29.8 Å². The van der Waals surface area contributed by atoms with Crippen molar-refractivity contribution in [3.63, 3.8) is 0 Å². The summed E-state index contributed by atoms with van der Waals surface area (Å²) in [4.78, 5) is 12.0. The number of phenolic OH excluding ortho intramolecular Hbond substituents is 1. The number of ketones is 1. The minimum atomic E-state index is -0.0791. The fourth-order valence-electron chi connectivity index (χ4n) is 1.71. The van der Waals surface area contributed by atoms with Gasteiger partial charge in [-0.1, -0.05) is 46.3 Å². The Hall–Kier alpha value is -2.07. The lowest BCUT2D eigenvalue weighted by Crippen LogP contribution is -1.93. The molecule has 3 nitrogen and oxygen atoms in total. The average Bonchev–Trinajstić information content (AvgIpc) is 2.47. The van der Waals surface area contributed by atoms with Crippen LogP contribution in [0.4, 0.5) is 0 Å². The molecule has 0 heterocycles. The fourth-order valence-corrected chi connectivity index (χ4v) is 2.18. The molecule has 0 bridgehead atoms. The van der Waals surface area contributed by atoms with Gasteiger partial charge in [-0.25, -0.2) is 0 Å². The molecule has 0 radical (unpaired) electrons. The van der Waals surface area contributed by atoms with Gasteiger partial charge in [0.15, 0.2) is 17.3 Å². The van der Waals surface area contributed by atoms with Crippen molar-refractivity contribution in [1.29, 1.82) is 0 Å². The molecule has 0 aliphatic rings. The Morgan fingerprint density at radius 1 is 1.25 bits per heavy atom. The number of ether oxygens (including phenoxy) is 1. The third kappa shape index (κ3) is 3.27. The van der Waals surface area contributed by atoms with Gasteiger partial charge >= 0.3 is 0 Å². The lowest BCUT2D eigenvalue weighted by atomic mass is 10.1. The zero-order chi connectivity index (χ0) is 14.5. The molecule has 0 spiro atoms. The van der Waals surface area contributed by atoms with Gasteiger partial charge in [-0.3, -0.25) is 4.79 Å². The molecule has 0 aromatic heterocycles. The van der Waals surface area contributed by atoms with E-state index in [9.17, 15) is 9.90 Å². The predicted molar refractivity (Wildman–Crippen MR) is 82.2 cm³/mol. The highest BCUT2D eigenvalue weighted by molar-refractivity contribution is 9.10. The number of carbonyl (C=O) groups excluding carboxylic acids is 1. The van der Waals surface area contributed by atoms with Crippen molar-refractivity contribution in [1.82, 2.24) is 0 Å². The van der Waals surface area contributed by atoms with Gasteiger partial charge in [0.25, 0.3) is 0 Å². The van der Waals surface area contributed by atoms with Gasteiger partial charge in [-0.15, -0.1) is 0 Å². The molecule has 102 valence electrons. The molecule has 0 aliphatic carbocycles. The van der Waals surface area contributed by atoms with E-state index in [2.05, 4.69) is 15.9 Å². The largest absolute Gasteiger partial charge is 0.504 e. The number of hydrogen-bond acceptors (Lipinski definition) is 3. The lowest BCUT2D eigenvalue weighted by Gasteiger charge is -2.06. The van der Waals surface area contributed by atoms with Crippen LogP contribution in [0.25, 0.3) is 6.08 Å². The molecule has 2 rings (SSSR count). The highest BCUT2D eigenvalue weighted by atomic mass is 79.9. The minimum absolute atomic E-state index is 0.0471. The smallest absolute Gasteiger partial charge is 0.185 e. The molecule has 2 aromatic carbocycles. The van der Waals surface area contributed by atoms with E-state index >= 15 is 0 Å². The number of methoxy groups -OCH3 is 1. The predicted octanol–water partition coefficient (Wildman–Crippen LogP) is 4.06. The maximum Gasteiger partial charge on any atom is 0.185 e. The number of carbonyl (C=O) groups is 1. The van der Waals surface area contributed by atoms with Crippen LogP contribution in [0.1, 0.15) is 15.9 Å². The van der Waals surface area contributed by atoms with Crippen molar-refractivity contribution in [2.75, 3.05) is 7.11 Å². The lowest BCUT2D eigenvalue weighted by molar-refractivity contribution is 0.104. The number of allylic oxidation sites excluding steroid dienone is 1. The number of aromatic hydroxyl groups is 1. The van der Waals surface area contributed by atoms with Crippen molar-refractivity contribution in [2.24, 2.45) is 0 Å². The summed E-state index contributed by atoms with van der Waals surface area (Å²) >= 11 is 3.34. The summed E-state index contributed by atoms with van der Waals surface area (Å²) in [6.07, 6.45) is 3.17. The molecule has 20 heavy (non-hydrogen) atoms. The number of hydrogen-bond donors (Lipinski definition) is 1. The molecule has 0 aliphatic heterocycles. The van der Waals surface area contributed by atoms with E-state index in [0.29, 0.717) is 15.8 Å². The number of rotatable bonds is 4. The third-order valence-electron chi connectivity index (χ3n) is 2.77. The summed E-state index contributed by atoms with van der Waals surface area (Å²) in [7, 11) is 1.48. The molecule has 0 unspecified atom stereocenters. The molecule has 1 N–H and O–H groups in total. The van der Waals surface area contributed by atoms with Gasteiger partial charge in [0.2, 0.25) is 0 Å². The molecule has 0 atom stereocenters. The van der Waals surface area contributed by atoms with Gasteiger partial charge in [0.1, 0.15) is 0 Å². The summed E-state index contributed by atoms with van der Waals surface area (Å²) in [5.41, 5.74) is 1.38. The second-order valence-corrected chi connectivity index (χ2v) is 4.96. The van der Waals surface area contributed by atoms with Crippen molar-refractivity contribution >= 4 is 27.8 Å². The quantitative estimate of drug-likeness (QED) is 0.678. The highest BCUT2D eigenvalue weighted by Gasteiger charge is 2.07. The minimum Gasteiger partial charge on any atom is -0.504 e. The fraction of sp³-hybridized carbons (Fsp3) is 0.0625. The van der Waals surface area contributed by atoms with Crippen molar-refractivity contribution < 1.29 is 14.6 Å². The second-order valence-electron chi connectivity index (χ2n) is 4.11. The first-order valence-electron chi connectivity index (χ1n) is 5.96. The van der Waals surface area contributed by atoms with E-state index in [1.807, 2.05) is 18.2 Å². The van der Waals surface area contributed by atoms with Crippen molar-refractivity contribution in [3.05, 3.63) is 64.1 Å². The highest BCUT2D eigenvalue weighted by Crippen LogP contribution is 2.33. The first kappa shape index (κ1) is 14.3. The van der Waals surface area contributed by atoms with E-state index in [4.69, 9.17) is 4.74 Å². The molecule has 0 saturated carbocycles. The summed E-state index contributed by atoms with van der Waals surface area (Å²) in [5, 5.41) is 9.63. The molecular formula is C16H13BrO3. The van der Waals surface area contributed by atoms with Crippen molar-refractivity contribution in [3.8, 4) is 11.5 Å². The molecule has 4 heteroatoms. The Kier molecular flexibility index (Phi) is 4.58. The summed E-state index contributed by atoms with van der Waals surface area (Å²) in [6, 6.07) is 12.2. The van der Waals surface area contributed by atoms with Crippen LogP contribution in [-0.2, 0) is 0 Å². The Labute approximate surface area is 125 Å². The number of halogens is 1. The van der Waals surface area contributed by atoms with E-state index < -0.39 is 0 Å². The molecule has 0 amide bonds. The van der Waals surface area contributed by atoms with Crippen LogP contribution in [0, 0.1) is 0 Å². The Bertz CT molecular complexity index is 648. The topological polar surface area (TPSA) is 46.5 Å². The van der Waals surface area contributed by atoms with Gasteiger partial charge in [0, 0.05) is 10.0 Å². The average molecular weight is 333 g/mol. The molecule has 0 fully saturated rings.